The van der Waals surface area contributed by atoms with Gasteiger partial charge in [-0.2, -0.15) is 0 Å². The van der Waals surface area contributed by atoms with Gasteiger partial charge in [0.25, 0.3) is 6.43 Å². The van der Waals surface area contributed by atoms with E-state index in [1.54, 1.807) is 12.1 Å². The minimum atomic E-state index is -2.53. The zero-order valence-electron chi connectivity index (χ0n) is 8.51. The van der Waals surface area contributed by atoms with Crippen LogP contribution in [0.4, 0.5) is 8.78 Å². The summed E-state index contributed by atoms with van der Waals surface area (Å²) in [5.41, 5.74) is 1.05. The van der Waals surface area contributed by atoms with Crippen LogP contribution in [-0.2, 0) is 10.1 Å². The highest BCUT2D eigenvalue weighted by Gasteiger charge is 2.21. The first-order valence-electron chi connectivity index (χ1n) is 4.59. The Bertz CT molecular complexity index is 394. The fourth-order valence-corrected chi connectivity index (χ4v) is 2.51. The van der Waals surface area contributed by atoms with Gasteiger partial charge in [0.2, 0.25) is 0 Å². The van der Waals surface area contributed by atoms with Crippen LogP contribution >= 0.6 is 31.9 Å². The molecule has 0 saturated carbocycles. The highest BCUT2D eigenvalue weighted by molar-refractivity contribution is 9.09. The quantitative estimate of drug-likeness (QED) is 0.724. The number of carbonyl (C=O) groups excluding carboxylic acids is 1. The van der Waals surface area contributed by atoms with Gasteiger partial charge in [-0.1, -0.05) is 50.1 Å². The monoisotopic (exact) mass is 354 g/mol. The van der Waals surface area contributed by atoms with Crippen molar-refractivity contribution in [2.45, 2.75) is 23.5 Å². The molecule has 0 aliphatic heterocycles. The van der Waals surface area contributed by atoms with Crippen LogP contribution in [0.3, 0.4) is 0 Å². The summed E-state index contributed by atoms with van der Waals surface area (Å²) in [4.78, 5) is 10.7. The number of rotatable bonds is 4. The van der Waals surface area contributed by atoms with Gasteiger partial charge in [0.1, 0.15) is 5.78 Å². The molecule has 0 heterocycles. The number of hydrogen-bond donors (Lipinski definition) is 0. The van der Waals surface area contributed by atoms with Crippen molar-refractivity contribution in [3.8, 4) is 0 Å². The fourth-order valence-electron chi connectivity index (χ4n) is 1.44. The molecular formula is C11H10Br2F2O. The molecule has 0 saturated heterocycles. The van der Waals surface area contributed by atoms with Crippen LogP contribution in [0.15, 0.2) is 18.2 Å². The van der Waals surface area contributed by atoms with Crippen LogP contribution in [0, 0.1) is 0 Å². The average Bonchev–Trinajstić information content (AvgIpc) is 2.26. The van der Waals surface area contributed by atoms with Gasteiger partial charge in [0.15, 0.2) is 0 Å². The number of alkyl halides is 4. The zero-order chi connectivity index (χ0) is 12.3. The molecule has 0 aromatic heterocycles. The van der Waals surface area contributed by atoms with E-state index in [4.69, 9.17) is 0 Å². The summed E-state index contributed by atoms with van der Waals surface area (Å²) in [5.74, 6) is -0.103. The summed E-state index contributed by atoms with van der Waals surface area (Å²) in [6.07, 6.45) is -2.53. The van der Waals surface area contributed by atoms with Crippen LogP contribution in [0.5, 0.6) is 0 Å². The topological polar surface area (TPSA) is 17.1 Å². The minimum absolute atomic E-state index is 0.0277. The van der Waals surface area contributed by atoms with Crippen molar-refractivity contribution >= 4 is 37.6 Å². The first-order chi connectivity index (χ1) is 7.49. The van der Waals surface area contributed by atoms with Gasteiger partial charge in [-0.15, -0.1) is 0 Å². The third kappa shape index (κ3) is 2.88. The highest BCUT2D eigenvalue weighted by atomic mass is 79.9. The smallest absolute Gasteiger partial charge is 0.264 e. The number of hydrogen-bond acceptors (Lipinski definition) is 1. The van der Waals surface area contributed by atoms with Crippen LogP contribution in [0.2, 0.25) is 0 Å². The van der Waals surface area contributed by atoms with Gasteiger partial charge >= 0.3 is 0 Å². The molecule has 0 bridgehead atoms. The minimum Gasteiger partial charge on any atom is -0.298 e. The van der Waals surface area contributed by atoms with Crippen LogP contribution in [0.25, 0.3) is 0 Å². The molecule has 0 aliphatic carbocycles. The van der Waals surface area contributed by atoms with Crippen LogP contribution < -0.4 is 0 Å². The van der Waals surface area contributed by atoms with Crippen molar-refractivity contribution in [2.75, 3.05) is 0 Å². The second kappa shape index (κ2) is 5.87. The van der Waals surface area contributed by atoms with Gasteiger partial charge < -0.3 is 0 Å². The number of benzene rings is 1. The number of Topliss-reactive ketones (excluding diaryl/α,β-unsaturated/α-hetero) is 1. The Morgan fingerprint density at radius 1 is 1.38 bits per heavy atom. The second-order valence-corrected chi connectivity index (χ2v) is 4.80. The first kappa shape index (κ1) is 13.8. The summed E-state index contributed by atoms with van der Waals surface area (Å²) < 4.78 is 25.5. The highest BCUT2D eigenvalue weighted by Crippen LogP contribution is 2.34. The van der Waals surface area contributed by atoms with E-state index in [0.29, 0.717) is 16.5 Å². The van der Waals surface area contributed by atoms with E-state index >= 15 is 0 Å². The molecule has 5 heteroatoms. The van der Waals surface area contributed by atoms with Gasteiger partial charge in [-0.05, 0) is 18.1 Å². The third-order valence-electron chi connectivity index (χ3n) is 2.25. The summed E-state index contributed by atoms with van der Waals surface area (Å²) in [7, 11) is 0. The van der Waals surface area contributed by atoms with Crippen molar-refractivity contribution in [2.24, 2.45) is 0 Å². The maximum Gasteiger partial charge on any atom is 0.264 e. The van der Waals surface area contributed by atoms with Crippen molar-refractivity contribution in [1.29, 1.82) is 0 Å². The Hall–Kier alpha value is -0.290. The molecular weight excluding hydrogens is 346 g/mol. The Labute approximate surface area is 109 Å². The van der Waals surface area contributed by atoms with Crippen LogP contribution in [0.1, 0.15) is 34.9 Å². The normalized spacial score (nSPS) is 12.9. The Balaban J connectivity index is 3.29. The first-order valence-corrected chi connectivity index (χ1v) is 6.63. The molecule has 0 fully saturated rings. The predicted octanol–water partition coefficient (Wildman–Crippen LogP) is 4.54. The lowest BCUT2D eigenvalue weighted by atomic mass is 9.99. The van der Waals surface area contributed by atoms with Gasteiger partial charge in [-0.25, -0.2) is 8.78 Å². The zero-order valence-corrected chi connectivity index (χ0v) is 11.7. The van der Waals surface area contributed by atoms with E-state index in [1.165, 1.54) is 13.0 Å². The van der Waals surface area contributed by atoms with E-state index in [0.717, 1.165) is 0 Å². The van der Waals surface area contributed by atoms with E-state index < -0.39 is 11.3 Å². The van der Waals surface area contributed by atoms with Crippen LogP contribution in [-0.4, -0.2) is 5.78 Å². The van der Waals surface area contributed by atoms with Crippen molar-refractivity contribution in [3.05, 3.63) is 34.9 Å². The summed E-state index contributed by atoms with van der Waals surface area (Å²) in [6, 6.07) is 4.61. The molecule has 16 heavy (non-hydrogen) atoms. The molecule has 1 rings (SSSR count). The van der Waals surface area contributed by atoms with Crippen molar-refractivity contribution < 1.29 is 13.6 Å². The second-order valence-electron chi connectivity index (χ2n) is 3.32. The van der Waals surface area contributed by atoms with Gasteiger partial charge in [0.05, 0.1) is 4.83 Å². The lowest BCUT2D eigenvalue weighted by Crippen LogP contribution is -2.06. The average molecular weight is 356 g/mol. The molecule has 0 amide bonds. The predicted molar refractivity (Wildman–Crippen MR) is 66.4 cm³/mol. The summed E-state index contributed by atoms with van der Waals surface area (Å²) in [5, 5.41) is 0.304. The van der Waals surface area contributed by atoms with Gasteiger partial charge in [-0.3, -0.25) is 4.79 Å². The SMILES string of the molecule is CC(=O)C(Br)c1cccc(C(F)F)c1CBr. The van der Waals surface area contributed by atoms with E-state index in [-0.39, 0.29) is 11.3 Å². The molecule has 1 aromatic rings. The molecule has 88 valence electrons. The van der Waals surface area contributed by atoms with E-state index in [2.05, 4.69) is 31.9 Å². The van der Waals surface area contributed by atoms with Gasteiger partial charge in [0, 0.05) is 10.9 Å². The molecule has 1 unspecified atom stereocenters. The van der Waals surface area contributed by atoms with Crippen molar-refractivity contribution in [1.82, 2.24) is 0 Å². The standard InChI is InChI=1S/C11H10Br2F2O/c1-6(16)10(13)7-3-2-4-8(11(14)15)9(7)5-12/h2-4,10-11H,5H2,1H3. The molecule has 0 radical (unpaired) electrons. The summed E-state index contributed by atoms with van der Waals surface area (Å²) >= 11 is 6.39. The molecule has 0 spiro atoms. The molecule has 0 aliphatic rings. The molecule has 1 aromatic carbocycles. The third-order valence-corrected chi connectivity index (χ3v) is 3.95. The maximum atomic E-state index is 12.7. The fraction of sp³-hybridized carbons (Fsp3) is 0.364. The lowest BCUT2D eigenvalue weighted by Gasteiger charge is -2.15. The van der Waals surface area contributed by atoms with Crippen molar-refractivity contribution in [3.63, 3.8) is 0 Å². The largest absolute Gasteiger partial charge is 0.298 e. The van der Waals surface area contributed by atoms with E-state index in [1.807, 2.05) is 0 Å². The number of carbonyl (C=O) groups is 1. The number of halogens is 4. The lowest BCUT2D eigenvalue weighted by molar-refractivity contribution is -0.116. The Kier molecular flexibility index (Phi) is 5.05. The van der Waals surface area contributed by atoms with E-state index in [9.17, 15) is 13.6 Å². The Morgan fingerprint density at radius 2 is 1.94 bits per heavy atom. The summed E-state index contributed by atoms with van der Waals surface area (Å²) in [6.45, 7) is 1.42. The molecule has 1 nitrogen and oxygen atoms in total. The molecule has 1 atom stereocenters. The Morgan fingerprint density at radius 3 is 2.38 bits per heavy atom. The maximum absolute atomic E-state index is 12.7. The number of ketones is 1. The molecule has 0 N–H and O–H groups in total.